The van der Waals surface area contributed by atoms with Gasteiger partial charge < -0.3 is 29.2 Å². The van der Waals surface area contributed by atoms with E-state index in [-0.39, 0.29) is 42.0 Å². The van der Waals surface area contributed by atoms with E-state index in [4.69, 9.17) is 24.3 Å². The molecule has 4 heterocycles. The summed E-state index contributed by atoms with van der Waals surface area (Å²) in [6.45, 7) is 1.03. The topological polar surface area (TPSA) is 95.3 Å². The van der Waals surface area contributed by atoms with Gasteiger partial charge in [-0.25, -0.2) is 9.97 Å². The van der Waals surface area contributed by atoms with Crippen molar-refractivity contribution in [3.05, 3.63) is 41.7 Å². The predicted octanol–water partition coefficient (Wildman–Crippen LogP) is 5.36. The lowest BCUT2D eigenvalue weighted by Gasteiger charge is -2.31. The highest BCUT2D eigenvalue weighted by Gasteiger charge is 2.45. The van der Waals surface area contributed by atoms with Crippen LogP contribution >= 0.6 is 0 Å². The zero-order valence-corrected chi connectivity index (χ0v) is 22.7. The van der Waals surface area contributed by atoms with Gasteiger partial charge in [-0.3, -0.25) is 0 Å². The van der Waals surface area contributed by atoms with Crippen LogP contribution in [0.2, 0.25) is 0 Å². The smallest absolute Gasteiger partial charge is 0.497 e. The third-order valence-corrected chi connectivity index (χ3v) is 7.34. The molecule has 0 saturated carbocycles. The van der Waals surface area contributed by atoms with E-state index in [2.05, 4.69) is 15.0 Å². The summed E-state index contributed by atoms with van der Waals surface area (Å²) in [5.74, 6) is 1.14. The summed E-state index contributed by atoms with van der Waals surface area (Å²) in [5, 5.41) is 8.28. The highest BCUT2D eigenvalue weighted by molar-refractivity contribution is 5.97. The quantitative estimate of drug-likeness (QED) is 0.271. The second-order valence-electron chi connectivity index (χ2n) is 10.1. The molecule has 224 valence electrons. The Morgan fingerprint density at radius 3 is 2.69 bits per heavy atom. The fraction of sp³-hybridized carbons (Fsp3) is 0.444. The van der Waals surface area contributed by atoms with Gasteiger partial charge in [0.25, 0.3) is 0 Å². The summed E-state index contributed by atoms with van der Waals surface area (Å²) in [4.78, 5) is 11.1. The first-order valence-corrected chi connectivity index (χ1v) is 13.3. The van der Waals surface area contributed by atoms with Gasteiger partial charge in [-0.15, -0.1) is 13.9 Å². The highest BCUT2D eigenvalue weighted by atomic mass is 19.4. The summed E-state index contributed by atoms with van der Waals surface area (Å²) in [5.41, 5.74) is 1.18. The van der Waals surface area contributed by atoms with E-state index in [1.165, 1.54) is 17.7 Å². The summed E-state index contributed by atoms with van der Waals surface area (Å²) < 4.78 is 88.1. The standard InChI is InChI=1S/C27H27F5N6O4/c1-39-17-6-5-15(20(12-17)40-2)13-33-25-34-21-18(7-8-19-22(21)42-27(31,32)41-19)24-35-23(36-38(24)25)16-4-3-10-37(14-16)11-9-26(28,29)30/h5-8,12,16H,3-4,9-11,13-14H2,1-2H3,(H,33,34). The number of methoxy groups -OCH3 is 2. The maximum absolute atomic E-state index is 14.0. The summed E-state index contributed by atoms with van der Waals surface area (Å²) in [7, 11) is 3.07. The molecule has 0 amide bonds. The summed E-state index contributed by atoms with van der Waals surface area (Å²) in [6, 6.07) is 8.20. The number of nitrogens with one attached hydrogen (secondary N) is 1. The lowest BCUT2D eigenvalue weighted by Crippen LogP contribution is -2.37. The number of rotatable bonds is 8. The SMILES string of the molecule is COc1ccc(CNc2nc3c4c(ccc3c3nc(C5CCCN(CCC(F)(F)F)C5)nn23)OC(F)(F)O4)c(OC)c1. The van der Waals surface area contributed by atoms with Crippen LogP contribution in [-0.2, 0) is 6.54 Å². The van der Waals surface area contributed by atoms with Crippen LogP contribution in [0.15, 0.2) is 30.3 Å². The Kier molecular flexibility index (Phi) is 7.07. The Morgan fingerprint density at radius 2 is 1.93 bits per heavy atom. The van der Waals surface area contributed by atoms with Crippen LogP contribution in [0.4, 0.5) is 27.9 Å². The molecule has 1 N–H and O–H groups in total. The zero-order valence-electron chi connectivity index (χ0n) is 22.7. The van der Waals surface area contributed by atoms with Gasteiger partial charge in [-0.05, 0) is 43.7 Å². The van der Waals surface area contributed by atoms with Crippen molar-refractivity contribution in [3.8, 4) is 23.0 Å². The second-order valence-corrected chi connectivity index (χ2v) is 10.1. The number of likely N-dealkylation sites (tertiary alicyclic amines) is 1. The van der Waals surface area contributed by atoms with Gasteiger partial charge in [0.15, 0.2) is 23.0 Å². The molecule has 4 aromatic rings. The molecule has 0 aliphatic carbocycles. The molecular formula is C27H27F5N6O4. The molecule has 2 aromatic carbocycles. The van der Waals surface area contributed by atoms with Crippen molar-refractivity contribution in [1.29, 1.82) is 0 Å². The Hall–Kier alpha value is -4.14. The van der Waals surface area contributed by atoms with Gasteiger partial charge in [-0.1, -0.05) is 0 Å². The van der Waals surface area contributed by atoms with Crippen molar-refractivity contribution in [1.82, 2.24) is 24.5 Å². The first-order valence-electron chi connectivity index (χ1n) is 13.3. The molecular weight excluding hydrogens is 567 g/mol. The summed E-state index contributed by atoms with van der Waals surface area (Å²) >= 11 is 0. The average molecular weight is 595 g/mol. The molecule has 1 fully saturated rings. The molecule has 1 saturated heterocycles. The average Bonchev–Trinajstić information content (AvgIpc) is 3.55. The van der Waals surface area contributed by atoms with E-state index in [1.54, 1.807) is 30.2 Å². The maximum Gasteiger partial charge on any atom is 0.586 e. The third-order valence-electron chi connectivity index (χ3n) is 7.34. The molecule has 6 rings (SSSR count). The molecule has 0 radical (unpaired) electrons. The van der Waals surface area contributed by atoms with Crippen molar-refractivity contribution >= 4 is 22.5 Å². The van der Waals surface area contributed by atoms with Gasteiger partial charge in [0.05, 0.1) is 20.6 Å². The number of ether oxygens (including phenoxy) is 4. The molecule has 0 spiro atoms. The molecule has 1 atom stereocenters. The molecule has 42 heavy (non-hydrogen) atoms. The number of alkyl halides is 5. The van der Waals surface area contributed by atoms with Crippen LogP contribution in [0, 0.1) is 0 Å². The highest BCUT2D eigenvalue weighted by Crippen LogP contribution is 2.46. The minimum Gasteiger partial charge on any atom is -0.497 e. The molecule has 15 heteroatoms. The number of piperidine rings is 1. The van der Waals surface area contributed by atoms with E-state index >= 15 is 0 Å². The fourth-order valence-electron chi connectivity index (χ4n) is 5.31. The third kappa shape index (κ3) is 5.52. The van der Waals surface area contributed by atoms with Crippen molar-refractivity contribution < 1.29 is 40.9 Å². The summed E-state index contributed by atoms with van der Waals surface area (Å²) in [6.07, 6.45) is -7.61. The second kappa shape index (κ2) is 10.6. The minimum atomic E-state index is -4.24. The molecule has 10 nitrogen and oxygen atoms in total. The number of aromatic nitrogens is 4. The monoisotopic (exact) mass is 594 g/mol. The number of hydrogen-bond donors (Lipinski definition) is 1. The van der Waals surface area contributed by atoms with Gasteiger partial charge in [0, 0.05) is 42.6 Å². The van der Waals surface area contributed by atoms with Gasteiger partial charge >= 0.3 is 12.5 Å². The van der Waals surface area contributed by atoms with E-state index in [0.29, 0.717) is 54.3 Å². The number of halogens is 5. The van der Waals surface area contributed by atoms with Crippen LogP contribution in [0.25, 0.3) is 16.6 Å². The van der Waals surface area contributed by atoms with Crippen molar-refractivity contribution in [2.45, 2.75) is 44.2 Å². The number of anilines is 1. The van der Waals surface area contributed by atoms with Crippen molar-refractivity contribution in [3.63, 3.8) is 0 Å². The van der Waals surface area contributed by atoms with Gasteiger partial charge in [0.1, 0.15) is 17.0 Å². The number of fused-ring (bicyclic) bond motifs is 5. The molecule has 2 aliphatic heterocycles. The Bertz CT molecular complexity index is 1630. The van der Waals surface area contributed by atoms with Crippen LogP contribution in [0.5, 0.6) is 23.0 Å². The van der Waals surface area contributed by atoms with E-state index in [9.17, 15) is 22.0 Å². The largest absolute Gasteiger partial charge is 0.586 e. The fourth-order valence-corrected chi connectivity index (χ4v) is 5.31. The van der Waals surface area contributed by atoms with Crippen LogP contribution in [0.1, 0.15) is 36.6 Å². The maximum atomic E-state index is 14.0. The number of nitrogens with zero attached hydrogens (tertiary/aromatic N) is 5. The van der Waals surface area contributed by atoms with Gasteiger partial charge in [-0.2, -0.15) is 17.7 Å². The lowest BCUT2D eigenvalue weighted by atomic mass is 9.97. The molecule has 2 aliphatic rings. The lowest BCUT2D eigenvalue weighted by molar-refractivity contribution is -0.286. The first-order chi connectivity index (χ1) is 20.0. The van der Waals surface area contributed by atoms with Crippen LogP contribution in [0.3, 0.4) is 0 Å². The van der Waals surface area contributed by atoms with Crippen molar-refractivity contribution in [2.24, 2.45) is 0 Å². The van der Waals surface area contributed by atoms with E-state index in [1.807, 2.05) is 6.07 Å². The molecule has 1 unspecified atom stereocenters. The van der Waals surface area contributed by atoms with Crippen LogP contribution < -0.4 is 24.3 Å². The Balaban J connectivity index is 1.39. The van der Waals surface area contributed by atoms with Crippen molar-refractivity contribution in [2.75, 3.05) is 39.2 Å². The molecule has 0 bridgehead atoms. The predicted molar refractivity (Wildman–Crippen MR) is 140 cm³/mol. The molecule has 2 aromatic heterocycles. The normalized spacial score (nSPS) is 18.5. The zero-order chi connectivity index (χ0) is 29.6. The van der Waals surface area contributed by atoms with E-state index < -0.39 is 18.9 Å². The Labute approximate surface area is 236 Å². The Morgan fingerprint density at radius 1 is 1.10 bits per heavy atom. The van der Waals surface area contributed by atoms with Gasteiger partial charge in [0.2, 0.25) is 5.95 Å². The first kappa shape index (κ1) is 28.0. The minimum absolute atomic E-state index is 0.0933. The van der Waals surface area contributed by atoms with Crippen LogP contribution in [-0.4, -0.2) is 70.8 Å². The number of benzene rings is 2. The number of hydrogen-bond acceptors (Lipinski definition) is 9. The van der Waals surface area contributed by atoms with E-state index in [0.717, 1.165) is 5.56 Å².